The van der Waals surface area contributed by atoms with Gasteiger partial charge >= 0.3 is 12.1 Å². The van der Waals surface area contributed by atoms with Gasteiger partial charge in [-0.15, -0.1) is 0 Å². The number of carboxylic acids is 1. The van der Waals surface area contributed by atoms with E-state index in [1.54, 1.807) is 0 Å². The van der Waals surface area contributed by atoms with Gasteiger partial charge in [-0.3, -0.25) is 9.59 Å². The van der Waals surface area contributed by atoms with E-state index >= 15 is 0 Å². The Labute approximate surface area is 197 Å². The molecule has 8 nitrogen and oxygen atoms in total. The number of carbonyl (C=O) groups is 3. The minimum absolute atomic E-state index is 0.0124. The van der Waals surface area contributed by atoms with E-state index in [1.165, 1.54) is 16.0 Å². The van der Waals surface area contributed by atoms with Crippen LogP contribution in [0, 0.1) is 11.8 Å². The van der Waals surface area contributed by atoms with Gasteiger partial charge in [0.2, 0.25) is 5.91 Å². The van der Waals surface area contributed by atoms with Crippen molar-refractivity contribution in [3.05, 3.63) is 59.7 Å². The smallest absolute Gasteiger partial charge is 0.407 e. The third-order valence-corrected chi connectivity index (χ3v) is 7.24. The third kappa shape index (κ3) is 4.25. The van der Waals surface area contributed by atoms with Gasteiger partial charge in [-0.2, -0.15) is 0 Å². The van der Waals surface area contributed by atoms with Crippen LogP contribution >= 0.6 is 0 Å². The summed E-state index contributed by atoms with van der Waals surface area (Å²) in [6.07, 6.45) is -0.207. The molecule has 2 aromatic carbocycles. The lowest BCUT2D eigenvalue weighted by atomic mass is 9.78. The molecule has 3 aliphatic rings. The van der Waals surface area contributed by atoms with Crippen LogP contribution in [0.15, 0.2) is 48.5 Å². The highest BCUT2D eigenvalue weighted by Gasteiger charge is 2.41. The topological polar surface area (TPSA) is 116 Å². The molecule has 2 fully saturated rings. The molecule has 1 heterocycles. The Kier molecular flexibility index (Phi) is 6.00. The summed E-state index contributed by atoms with van der Waals surface area (Å²) in [5.74, 6) is -2.20. The predicted octanol–water partition coefficient (Wildman–Crippen LogP) is 2.60. The molecule has 2 amide bonds. The zero-order valence-electron chi connectivity index (χ0n) is 18.7. The van der Waals surface area contributed by atoms with Crippen LogP contribution in [0.5, 0.6) is 0 Å². The Morgan fingerprint density at radius 1 is 0.912 bits per heavy atom. The van der Waals surface area contributed by atoms with E-state index in [0.29, 0.717) is 12.8 Å². The van der Waals surface area contributed by atoms with Crippen LogP contribution in [-0.4, -0.2) is 64.9 Å². The first-order valence-corrected chi connectivity index (χ1v) is 11.7. The molecule has 2 unspecified atom stereocenters. The largest absolute Gasteiger partial charge is 0.481 e. The lowest BCUT2D eigenvalue weighted by Gasteiger charge is -2.41. The SMILES string of the molecule is O=C(NC1CC(C(=O)N2CC(O)CC(C(=O)O)C2)C1)OCC1c2ccccc2-c2ccccc21. The molecule has 1 saturated carbocycles. The number of likely N-dealkylation sites (tertiary alicyclic amines) is 1. The van der Waals surface area contributed by atoms with Crippen LogP contribution in [0.25, 0.3) is 11.1 Å². The van der Waals surface area contributed by atoms with Gasteiger partial charge in [0.15, 0.2) is 0 Å². The van der Waals surface area contributed by atoms with E-state index in [4.69, 9.17) is 4.74 Å². The number of aliphatic carboxylic acids is 1. The van der Waals surface area contributed by atoms with Crippen molar-refractivity contribution >= 4 is 18.0 Å². The number of benzene rings is 2. The molecule has 0 spiro atoms. The molecule has 1 aliphatic heterocycles. The molecule has 0 bridgehead atoms. The number of alkyl carbamates (subject to hydrolysis) is 1. The average molecular weight is 465 g/mol. The Morgan fingerprint density at radius 3 is 2.15 bits per heavy atom. The highest BCUT2D eigenvalue weighted by atomic mass is 16.5. The predicted molar refractivity (Wildman–Crippen MR) is 123 cm³/mol. The minimum atomic E-state index is -1.00. The fourth-order valence-electron chi connectivity index (χ4n) is 5.43. The van der Waals surface area contributed by atoms with Crippen molar-refractivity contribution in [2.24, 2.45) is 11.8 Å². The van der Waals surface area contributed by atoms with Crippen molar-refractivity contribution in [2.75, 3.05) is 19.7 Å². The van der Waals surface area contributed by atoms with Crippen molar-refractivity contribution in [1.29, 1.82) is 0 Å². The number of fused-ring (bicyclic) bond motifs is 3. The maximum atomic E-state index is 12.7. The quantitative estimate of drug-likeness (QED) is 0.626. The summed E-state index contributed by atoms with van der Waals surface area (Å²) in [6.45, 7) is 0.507. The average Bonchev–Trinajstić information content (AvgIpc) is 3.12. The van der Waals surface area contributed by atoms with E-state index < -0.39 is 24.1 Å². The van der Waals surface area contributed by atoms with E-state index in [9.17, 15) is 24.6 Å². The first kappa shape index (κ1) is 22.4. The van der Waals surface area contributed by atoms with Crippen LogP contribution in [0.4, 0.5) is 4.79 Å². The Bertz CT molecular complexity index is 1070. The normalized spacial score (nSPS) is 25.6. The lowest BCUT2D eigenvalue weighted by Crippen LogP contribution is -2.54. The first-order chi connectivity index (χ1) is 16.4. The molecule has 1 saturated heterocycles. The van der Waals surface area contributed by atoms with Crippen molar-refractivity contribution in [1.82, 2.24) is 10.2 Å². The van der Waals surface area contributed by atoms with E-state index in [-0.39, 0.29) is 49.9 Å². The molecule has 5 rings (SSSR count). The molecule has 0 aromatic heterocycles. The van der Waals surface area contributed by atoms with Crippen LogP contribution in [-0.2, 0) is 14.3 Å². The van der Waals surface area contributed by atoms with Gasteiger partial charge in [-0.05, 0) is 41.5 Å². The lowest BCUT2D eigenvalue weighted by molar-refractivity contribution is -0.151. The fraction of sp³-hybridized carbons (Fsp3) is 0.423. The van der Waals surface area contributed by atoms with E-state index in [0.717, 1.165) is 11.1 Å². The summed E-state index contributed by atoms with van der Waals surface area (Å²) in [4.78, 5) is 37.9. The second kappa shape index (κ2) is 9.10. The molecular formula is C26H28N2O6. The number of aliphatic hydroxyl groups is 1. The zero-order chi connectivity index (χ0) is 23.8. The number of amides is 2. The molecule has 2 atom stereocenters. The second-order valence-corrected chi connectivity index (χ2v) is 9.50. The zero-order valence-corrected chi connectivity index (χ0v) is 18.7. The van der Waals surface area contributed by atoms with Crippen LogP contribution in [0.3, 0.4) is 0 Å². The molecule has 3 N–H and O–H groups in total. The molecule has 34 heavy (non-hydrogen) atoms. The molecule has 8 heteroatoms. The maximum absolute atomic E-state index is 12.7. The number of aliphatic hydroxyl groups excluding tert-OH is 1. The summed E-state index contributed by atoms with van der Waals surface area (Å²) in [5.41, 5.74) is 4.63. The molecule has 0 radical (unpaired) electrons. The number of piperidine rings is 1. The van der Waals surface area contributed by atoms with Crippen molar-refractivity contribution in [3.63, 3.8) is 0 Å². The number of rotatable bonds is 5. The number of ether oxygens (including phenoxy) is 1. The first-order valence-electron chi connectivity index (χ1n) is 11.7. The number of nitrogens with zero attached hydrogens (tertiary/aromatic N) is 1. The summed E-state index contributed by atoms with van der Waals surface area (Å²) in [7, 11) is 0. The van der Waals surface area contributed by atoms with Gasteiger partial charge in [-0.1, -0.05) is 48.5 Å². The Morgan fingerprint density at radius 2 is 1.53 bits per heavy atom. The molecule has 2 aliphatic carbocycles. The Hall–Kier alpha value is -3.39. The third-order valence-electron chi connectivity index (χ3n) is 7.24. The number of carbonyl (C=O) groups excluding carboxylic acids is 2. The number of β-amino-alcohol motifs (C(OH)–C–C–N with tert-alkyl or cyclic N) is 1. The summed E-state index contributed by atoms with van der Waals surface area (Å²) < 4.78 is 5.57. The van der Waals surface area contributed by atoms with Crippen molar-refractivity contribution < 1.29 is 29.3 Å². The van der Waals surface area contributed by atoms with Gasteiger partial charge in [-0.25, -0.2) is 4.79 Å². The highest BCUT2D eigenvalue weighted by Crippen LogP contribution is 2.44. The van der Waals surface area contributed by atoms with Crippen LogP contribution < -0.4 is 5.32 Å². The number of carboxylic acid groups (broad SMARTS) is 1. The van der Waals surface area contributed by atoms with Gasteiger partial charge in [0.1, 0.15) is 6.61 Å². The van der Waals surface area contributed by atoms with Gasteiger partial charge < -0.3 is 25.2 Å². The standard InChI is InChI=1S/C26H28N2O6/c29-18-11-16(25(31)32)12-28(13-18)24(30)15-9-17(10-15)27-26(33)34-14-23-21-7-3-1-5-19(21)20-6-2-4-8-22(20)23/h1-8,15-18,23,29H,9-14H2,(H,27,33)(H,31,32). The van der Waals surface area contributed by atoms with E-state index in [1.807, 2.05) is 24.3 Å². The van der Waals surface area contributed by atoms with Crippen LogP contribution in [0.2, 0.25) is 0 Å². The van der Waals surface area contributed by atoms with Crippen molar-refractivity contribution in [2.45, 2.75) is 37.3 Å². The maximum Gasteiger partial charge on any atom is 0.407 e. The minimum Gasteiger partial charge on any atom is -0.481 e. The fourth-order valence-corrected chi connectivity index (χ4v) is 5.43. The van der Waals surface area contributed by atoms with Gasteiger partial charge in [0, 0.05) is 31.0 Å². The summed E-state index contributed by atoms with van der Waals surface area (Å²) in [6, 6.07) is 16.1. The van der Waals surface area contributed by atoms with Gasteiger partial charge in [0.25, 0.3) is 0 Å². The Balaban J connectivity index is 1.11. The summed E-state index contributed by atoms with van der Waals surface area (Å²) in [5, 5.41) is 22.0. The van der Waals surface area contributed by atoms with Crippen LogP contribution in [0.1, 0.15) is 36.3 Å². The second-order valence-electron chi connectivity index (χ2n) is 9.50. The highest BCUT2D eigenvalue weighted by molar-refractivity contribution is 5.82. The van der Waals surface area contributed by atoms with E-state index in [2.05, 4.69) is 29.6 Å². The van der Waals surface area contributed by atoms with Crippen molar-refractivity contribution in [3.8, 4) is 11.1 Å². The summed E-state index contributed by atoms with van der Waals surface area (Å²) >= 11 is 0. The number of nitrogens with one attached hydrogen (secondary N) is 1. The monoisotopic (exact) mass is 464 g/mol. The molecular weight excluding hydrogens is 436 g/mol. The number of hydrogen-bond acceptors (Lipinski definition) is 5. The molecule has 178 valence electrons. The molecule has 2 aromatic rings. The van der Waals surface area contributed by atoms with Gasteiger partial charge in [0.05, 0.1) is 12.0 Å². The number of hydrogen-bond donors (Lipinski definition) is 3.